The quantitative estimate of drug-likeness (QED) is 0.794. The molecule has 6 nitrogen and oxygen atoms in total. The van der Waals surface area contributed by atoms with E-state index >= 15 is 0 Å². The molecule has 0 aliphatic carbocycles. The van der Waals surface area contributed by atoms with Crippen molar-refractivity contribution in [2.45, 2.75) is 32.7 Å². The van der Waals surface area contributed by atoms with Gasteiger partial charge in [0.1, 0.15) is 0 Å². The predicted octanol–water partition coefficient (Wildman–Crippen LogP) is 1.32. The SMILES string of the molecule is CCCCCn1c(=O)[nH]c2ncc(OC)nc21. The summed E-state index contributed by atoms with van der Waals surface area (Å²) in [6, 6.07) is 0. The summed E-state index contributed by atoms with van der Waals surface area (Å²) in [6.07, 6.45) is 4.67. The van der Waals surface area contributed by atoms with Gasteiger partial charge in [-0.2, -0.15) is 4.98 Å². The van der Waals surface area contributed by atoms with Crippen LogP contribution in [0.25, 0.3) is 11.3 Å². The Kier molecular flexibility index (Phi) is 3.41. The minimum atomic E-state index is -0.163. The van der Waals surface area contributed by atoms with Crippen LogP contribution >= 0.6 is 0 Å². The van der Waals surface area contributed by atoms with Crippen LogP contribution in [0.4, 0.5) is 0 Å². The van der Waals surface area contributed by atoms with Crippen LogP contribution in [0, 0.1) is 0 Å². The van der Waals surface area contributed by atoms with Crippen molar-refractivity contribution in [1.29, 1.82) is 0 Å². The number of H-pyrrole nitrogens is 1. The van der Waals surface area contributed by atoms with E-state index in [4.69, 9.17) is 4.74 Å². The lowest BCUT2D eigenvalue weighted by Gasteiger charge is -2.02. The Morgan fingerprint density at radius 1 is 1.47 bits per heavy atom. The third-order valence-electron chi connectivity index (χ3n) is 2.65. The first-order chi connectivity index (χ1) is 8.26. The number of hydrogen-bond donors (Lipinski definition) is 1. The predicted molar refractivity (Wildman–Crippen MR) is 64.2 cm³/mol. The van der Waals surface area contributed by atoms with Gasteiger partial charge in [0.25, 0.3) is 0 Å². The van der Waals surface area contributed by atoms with Gasteiger partial charge in [0.15, 0.2) is 11.3 Å². The van der Waals surface area contributed by atoms with E-state index in [0.717, 1.165) is 19.3 Å². The topological polar surface area (TPSA) is 72.8 Å². The van der Waals surface area contributed by atoms with E-state index in [2.05, 4.69) is 21.9 Å². The monoisotopic (exact) mass is 236 g/mol. The Morgan fingerprint density at radius 3 is 3.00 bits per heavy atom. The Hall–Kier alpha value is -1.85. The summed E-state index contributed by atoms with van der Waals surface area (Å²) >= 11 is 0. The number of methoxy groups -OCH3 is 1. The standard InChI is InChI=1S/C11H16N4O2/c1-3-4-5-6-15-10-9(14-11(15)16)12-7-8(13-10)17-2/h7H,3-6H2,1-2H3,(H,12,14,16). The minimum Gasteiger partial charge on any atom is -0.480 e. The molecule has 0 unspecified atom stereocenters. The van der Waals surface area contributed by atoms with Crippen LogP contribution in [0.5, 0.6) is 5.88 Å². The molecule has 0 amide bonds. The third-order valence-corrected chi connectivity index (χ3v) is 2.65. The van der Waals surface area contributed by atoms with Crippen LogP contribution in [-0.2, 0) is 6.54 Å². The van der Waals surface area contributed by atoms with Crippen molar-refractivity contribution < 1.29 is 4.74 Å². The highest BCUT2D eigenvalue weighted by Crippen LogP contribution is 2.10. The number of fused-ring (bicyclic) bond motifs is 1. The fourth-order valence-electron chi connectivity index (χ4n) is 1.73. The van der Waals surface area contributed by atoms with Gasteiger partial charge in [0.05, 0.1) is 13.3 Å². The first-order valence-electron chi connectivity index (χ1n) is 5.75. The summed E-state index contributed by atoms with van der Waals surface area (Å²) in [4.78, 5) is 22.7. The maximum Gasteiger partial charge on any atom is 0.328 e. The molecule has 0 spiro atoms. The lowest BCUT2D eigenvalue weighted by molar-refractivity contribution is 0.397. The number of aryl methyl sites for hydroxylation is 1. The number of imidazole rings is 1. The van der Waals surface area contributed by atoms with Crippen LogP contribution in [-0.4, -0.2) is 26.6 Å². The van der Waals surface area contributed by atoms with Crippen molar-refractivity contribution in [3.05, 3.63) is 16.7 Å². The van der Waals surface area contributed by atoms with E-state index in [9.17, 15) is 4.79 Å². The van der Waals surface area contributed by atoms with Gasteiger partial charge in [-0.3, -0.25) is 9.55 Å². The van der Waals surface area contributed by atoms with E-state index in [1.807, 2.05) is 0 Å². The van der Waals surface area contributed by atoms with Crippen molar-refractivity contribution >= 4 is 11.3 Å². The highest BCUT2D eigenvalue weighted by atomic mass is 16.5. The number of rotatable bonds is 5. The molecule has 0 aliphatic rings. The molecular formula is C11H16N4O2. The number of aromatic amines is 1. The molecule has 0 saturated heterocycles. The number of aromatic nitrogens is 4. The Morgan fingerprint density at radius 2 is 2.29 bits per heavy atom. The highest BCUT2D eigenvalue weighted by molar-refractivity contribution is 5.65. The van der Waals surface area contributed by atoms with Gasteiger partial charge in [0.2, 0.25) is 5.88 Å². The molecule has 2 aromatic heterocycles. The van der Waals surface area contributed by atoms with Gasteiger partial charge >= 0.3 is 5.69 Å². The van der Waals surface area contributed by atoms with E-state index in [1.165, 1.54) is 13.3 Å². The zero-order valence-electron chi connectivity index (χ0n) is 10.1. The van der Waals surface area contributed by atoms with Gasteiger partial charge in [-0.15, -0.1) is 0 Å². The zero-order chi connectivity index (χ0) is 12.3. The normalized spacial score (nSPS) is 10.9. The number of hydrogen-bond acceptors (Lipinski definition) is 4. The Bertz CT molecular complexity index is 558. The van der Waals surface area contributed by atoms with Gasteiger partial charge < -0.3 is 4.74 Å². The van der Waals surface area contributed by atoms with Crippen molar-refractivity contribution in [1.82, 2.24) is 19.5 Å². The fourth-order valence-corrected chi connectivity index (χ4v) is 1.73. The van der Waals surface area contributed by atoms with Gasteiger partial charge in [-0.25, -0.2) is 9.78 Å². The molecule has 0 fully saturated rings. The average Bonchev–Trinajstić information content (AvgIpc) is 2.65. The minimum absolute atomic E-state index is 0.163. The van der Waals surface area contributed by atoms with Gasteiger partial charge in [-0.05, 0) is 6.42 Å². The molecule has 0 bridgehead atoms. The molecule has 0 aromatic carbocycles. The summed E-state index contributed by atoms with van der Waals surface area (Å²) in [5.74, 6) is 0.417. The van der Waals surface area contributed by atoms with Crippen LogP contribution in [0.1, 0.15) is 26.2 Å². The lowest BCUT2D eigenvalue weighted by atomic mass is 10.2. The van der Waals surface area contributed by atoms with E-state index in [1.54, 1.807) is 4.57 Å². The summed E-state index contributed by atoms with van der Waals surface area (Å²) in [6.45, 7) is 2.79. The van der Waals surface area contributed by atoms with Crippen LogP contribution in [0.15, 0.2) is 11.0 Å². The van der Waals surface area contributed by atoms with Gasteiger partial charge in [0, 0.05) is 6.54 Å². The van der Waals surface area contributed by atoms with Crippen molar-refractivity contribution in [3.8, 4) is 5.88 Å². The average molecular weight is 236 g/mol. The smallest absolute Gasteiger partial charge is 0.328 e. The summed E-state index contributed by atoms with van der Waals surface area (Å²) < 4.78 is 6.62. The Balaban J connectivity index is 2.38. The molecule has 0 atom stereocenters. The molecule has 6 heteroatoms. The number of nitrogens with zero attached hydrogens (tertiary/aromatic N) is 3. The van der Waals surface area contributed by atoms with Crippen LogP contribution in [0.2, 0.25) is 0 Å². The van der Waals surface area contributed by atoms with E-state index in [0.29, 0.717) is 23.7 Å². The first kappa shape index (κ1) is 11.6. The molecular weight excluding hydrogens is 220 g/mol. The third kappa shape index (κ3) is 2.30. The molecule has 0 saturated carbocycles. The van der Waals surface area contributed by atoms with E-state index < -0.39 is 0 Å². The largest absolute Gasteiger partial charge is 0.480 e. The lowest BCUT2D eigenvalue weighted by Crippen LogP contribution is -2.17. The second-order valence-electron chi connectivity index (χ2n) is 3.87. The molecule has 0 aliphatic heterocycles. The van der Waals surface area contributed by atoms with Crippen LogP contribution in [0.3, 0.4) is 0 Å². The molecule has 2 aromatic rings. The number of ether oxygens (including phenoxy) is 1. The molecule has 2 heterocycles. The highest BCUT2D eigenvalue weighted by Gasteiger charge is 2.09. The van der Waals surface area contributed by atoms with Crippen molar-refractivity contribution in [3.63, 3.8) is 0 Å². The Labute approximate surface area is 98.7 Å². The molecule has 0 radical (unpaired) electrons. The van der Waals surface area contributed by atoms with Gasteiger partial charge in [-0.1, -0.05) is 19.8 Å². The zero-order valence-corrected chi connectivity index (χ0v) is 10.1. The van der Waals surface area contributed by atoms with E-state index in [-0.39, 0.29) is 5.69 Å². The summed E-state index contributed by atoms with van der Waals surface area (Å²) in [5.41, 5.74) is 0.905. The second-order valence-corrected chi connectivity index (χ2v) is 3.87. The second kappa shape index (κ2) is 4.99. The maximum atomic E-state index is 11.7. The maximum absolute atomic E-state index is 11.7. The molecule has 2 rings (SSSR count). The van der Waals surface area contributed by atoms with Crippen molar-refractivity contribution in [2.75, 3.05) is 7.11 Å². The summed E-state index contributed by atoms with van der Waals surface area (Å²) in [7, 11) is 1.53. The van der Waals surface area contributed by atoms with Crippen molar-refractivity contribution in [2.24, 2.45) is 0 Å². The molecule has 92 valence electrons. The fraction of sp³-hybridized carbons (Fsp3) is 0.545. The summed E-state index contributed by atoms with van der Waals surface area (Å²) in [5, 5.41) is 0. The first-order valence-corrected chi connectivity index (χ1v) is 5.75. The number of unbranched alkanes of at least 4 members (excludes halogenated alkanes) is 2. The number of nitrogens with one attached hydrogen (secondary N) is 1. The van der Waals surface area contributed by atoms with Crippen LogP contribution < -0.4 is 10.4 Å². The molecule has 1 N–H and O–H groups in total. The molecule has 17 heavy (non-hydrogen) atoms.